The Hall–Kier alpha value is -1.73. The van der Waals surface area contributed by atoms with Crippen LogP contribution in [0.2, 0.25) is 0 Å². The van der Waals surface area contributed by atoms with Gasteiger partial charge in [-0.25, -0.2) is 0 Å². The van der Waals surface area contributed by atoms with Gasteiger partial charge in [-0.3, -0.25) is 4.57 Å². The van der Waals surface area contributed by atoms with Gasteiger partial charge in [-0.2, -0.15) is 0 Å². The minimum absolute atomic E-state index is 0. The summed E-state index contributed by atoms with van der Waals surface area (Å²) in [5, 5.41) is 0. The van der Waals surface area contributed by atoms with Crippen LogP contribution >= 0.6 is 7.37 Å². The van der Waals surface area contributed by atoms with Gasteiger partial charge in [0.25, 0.3) is 0 Å². The van der Waals surface area contributed by atoms with Gasteiger partial charge in [0.15, 0.2) is 0 Å². The summed E-state index contributed by atoms with van der Waals surface area (Å²) in [4.78, 5) is 0. The highest BCUT2D eigenvalue weighted by molar-refractivity contribution is 7.57. The summed E-state index contributed by atoms with van der Waals surface area (Å²) in [6.07, 6.45) is 0. The highest BCUT2D eigenvalue weighted by atomic mass is 31.2. The van der Waals surface area contributed by atoms with Crippen molar-refractivity contribution in [2.24, 2.45) is 0 Å². The van der Waals surface area contributed by atoms with E-state index in [-0.39, 0.29) is 20.3 Å². The highest BCUT2D eigenvalue weighted by Gasteiger charge is 2.23. The topological polar surface area (TPSA) is 35.5 Å². The summed E-state index contributed by atoms with van der Waals surface area (Å²) < 4.78 is 22.4. The molecule has 0 unspecified atom stereocenters. The van der Waals surface area contributed by atoms with Gasteiger partial charge >= 0.3 is 0 Å². The molecule has 2 aromatic carbocycles. The molecule has 134 valence electrons. The minimum atomic E-state index is -2.52. The van der Waals surface area contributed by atoms with Crippen molar-refractivity contribution in [1.29, 1.82) is 0 Å². The lowest BCUT2D eigenvalue weighted by molar-refractivity contribution is 0.414. The zero-order valence-corrected chi connectivity index (χ0v) is 14.7. The lowest BCUT2D eigenvalue weighted by atomic mass is 9.78. The summed E-state index contributed by atoms with van der Waals surface area (Å²) in [5.41, 5.74) is 2.25. The maximum absolute atomic E-state index is 11.7. The summed E-state index contributed by atoms with van der Waals surface area (Å²) in [5.74, 6) is 1.49. The first-order chi connectivity index (χ1) is 10.2. The first-order valence-electron chi connectivity index (χ1n) is 7.22. The first-order valence-corrected chi connectivity index (χ1v) is 9.74. The molecular weight excluding hydrogens is 319 g/mol. The summed E-state index contributed by atoms with van der Waals surface area (Å²) in [6, 6.07) is 15.9. The molecule has 0 saturated carbocycles. The Balaban J connectivity index is 0.00000264. The zero-order valence-electron chi connectivity index (χ0n) is 13.8. The Morgan fingerprint density at radius 2 is 1.17 bits per heavy atom. The van der Waals surface area contributed by atoms with E-state index < -0.39 is 7.37 Å². The van der Waals surface area contributed by atoms with Crippen LogP contribution in [-0.4, -0.2) is 20.4 Å². The smallest absolute Gasteiger partial charge is 0.242 e. The van der Waals surface area contributed by atoms with Gasteiger partial charge in [0, 0.05) is 18.7 Å². The van der Waals surface area contributed by atoms with E-state index in [1.165, 1.54) is 11.1 Å². The van der Waals surface area contributed by atoms with Gasteiger partial charge in [-0.1, -0.05) is 53.0 Å². The van der Waals surface area contributed by atoms with Crippen molar-refractivity contribution in [2.75, 3.05) is 20.4 Å². The van der Waals surface area contributed by atoms with Crippen molar-refractivity contribution in [3.05, 3.63) is 59.7 Å². The fraction of sp³-hybridized carbons (Fsp3) is 0.400. The van der Waals surface area contributed by atoms with Gasteiger partial charge in [0.2, 0.25) is 7.37 Å². The number of ether oxygens (including phenoxy) is 1. The van der Waals surface area contributed by atoms with E-state index in [1.54, 1.807) is 20.4 Å². The summed E-state index contributed by atoms with van der Waals surface area (Å²) >= 11 is 0. The van der Waals surface area contributed by atoms with Crippen molar-refractivity contribution in [1.82, 2.24) is 0 Å². The average molecular weight is 350 g/mol. The molecule has 0 aliphatic heterocycles. The molecule has 0 fully saturated rings. The molecule has 0 aliphatic rings. The molecule has 0 aliphatic carbocycles. The molecule has 0 spiro atoms. The Labute approximate surface area is 147 Å². The summed E-state index contributed by atoms with van der Waals surface area (Å²) in [7, 11) is -0.859. The molecule has 0 saturated heterocycles. The fourth-order valence-electron chi connectivity index (χ4n) is 2.36. The Morgan fingerprint density at radius 3 is 1.50 bits per heavy atom. The van der Waals surface area contributed by atoms with E-state index in [4.69, 9.17) is 9.26 Å². The second kappa shape index (κ2) is 8.39. The number of methoxy groups -OCH3 is 1. The van der Waals surface area contributed by atoms with Crippen LogP contribution < -0.4 is 9.26 Å². The Kier molecular flexibility index (Phi) is 7.79. The van der Waals surface area contributed by atoms with Crippen LogP contribution in [0.5, 0.6) is 11.5 Å². The van der Waals surface area contributed by atoms with Gasteiger partial charge in [0.1, 0.15) is 11.5 Å². The second-order valence-corrected chi connectivity index (χ2v) is 8.91. The molecule has 3 nitrogen and oxygen atoms in total. The molecule has 0 atom stereocenters. The number of benzene rings is 2. The Morgan fingerprint density at radius 1 is 0.792 bits per heavy atom. The maximum Gasteiger partial charge on any atom is 0.242 e. The highest BCUT2D eigenvalue weighted by Crippen LogP contribution is 2.40. The molecule has 4 heteroatoms. The van der Waals surface area contributed by atoms with E-state index in [2.05, 4.69) is 26.0 Å². The van der Waals surface area contributed by atoms with Gasteiger partial charge in [-0.05, 0) is 35.4 Å². The van der Waals surface area contributed by atoms with Gasteiger partial charge in [-0.15, -0.1) is 0 Å². The van der Waals surface area contributed by atoms with Crippen LogP contribution in [0.25, 0.3) is 0 Å². The average Bonchev–Trinajstić information content (AvgIpc) is 2.46. The monoisotopic (exact) mass is 350 g/mol. The molecule has 0 heterocycles. The van der Waals surface area contributed by atoms with Crippen molar-refractivity contribution in [3.8, 4) is 11.5 Å². The predicted molar refractivity (Wildman–Crippen MR) is 105 cm³/mol. The Bertz CT molecular complexity index is 667. The third kappa shape index (κ3) is 5.42. The third-order valence-corrected chi connectivity index (χ3v) is 4.36. The lowest BCUT2D eigenvalue weighted by Crippen LogP contribution is -2.18. The quantitative estimate of drug-likeness (QED) is 0.601. The minimum Gasteiger partial charge on any atom is -0.497 e. The van der Waals surface area contributed by atoms with E-state index in [0.717, 1.165) is 5.75 Å². The van der Waals surface area contributed by atoms with Crippen LogP contribution in [0.3, 0.4) is 0 Å². The third-order valence-electron chi connectivity index (χ3n) is 3.71. The largest absolute Gasteiger partial charge is 0.497 e. The van der Waals surface area contributed by atoms with Crippen molar-refractivity contribution in [2.45, 2.75) is 34.1 Å². The van der Waals surface area contributed by atoms with E-state index in [1.807, 2.05) is 36.4 Å². The SMILES string of the molecule is C.C.COc1ccc(C(C)(C)c2ccc(OP(C)(C)=O)cc2)cc1. The fourth-order valence-corrected chi connectivity index (χ4v) is 2.99. The normalized spacial score (nSPS) is 11.0. The molecule has 2 aromatic rings. The van der Waals surface area contributed by atoms with Crippen molar-refractivity contribution < 1.29 is 13.8 Å². The molecule has 0 amide bonds. The van der Waals surface area contributed by atoms with E-state index in [0.29, 0.717) is 5.75 Å². The molecule has 0 radical (unpaired) electrons. The van der Waals surface area contributed by atoms with Crippen LogP contribution in [0, 0.1) is 0 Å². The molecular formula is C20H31O3P. The molecule has 0 bridgehead atoms. The van der Waals surface area contributed by atoms with Crippen LogP contribution in [0.1, 0.15) is 39.8 Å². The molecule has 0 N–H and O–H groups in total. The molecule has 0 aromatic heterocycles. The maximum atomic E-state index is 11.7. The number of hydrogen-bond donors (Lipinski definition) is 0. The van der Waals surface area contributed by atoms with Crippen molar-refractivity contribution >= 4 is 7.37 Å². The molecule has 24 heavy (non-hydrogen) atoms. The first kappa shape index (κ1) is 22.3. The van der Waals surface area contributed by atoms with Crippen LogP contribution in [0.15, 0.2) is 48.5 Å². The van der Waals surface area contributed by atoms with Crippen LogP contribution in [0.4, 0.5) is 0 Å². The van der Waals surface area contributed by atoms with E-state index in [9.17, 15) is 4.57 Å². The zero-order chi connectivity index (χ0) is 16.4. The number of rotatable bonds is 5. The van der Waals surface area contributed by atoms with Crippen LogP contribution in [-0.2, 0) is 9.98 Å². The lowest BCUT2D eigenvalue weighted by Gasteiger charge is -2.26. The van der Waals surface area contributed by atoms with Gasteiger partial charge < -0.3 is 9.26 Å². The van der Waals surface area contributed by atoms with Gasteiger partial charge in [0.05, 0.1) is 7.11 Å². The second-order valence-electron chi connectivity index (χ2n) is 6.22. The number of hydrogen-bond acceptors (Lipinski definition) is 3. The predicted octanol–water partition coefficient (Wildman–Crippen LogP) is 6.21. The standard InChI is InChI=1S/C18H23O3P.2CH4/c1-18(2,14-6-10-16(20-3)11-7-14)15-8-12-17(13-9-15)21-22(4,5)19;;/h6-13H,1-5H3;2*1H4. The van der Waals surface area contributed by atoms with Crippen molar-refractivity contribution in [3.63, 3.8) is 0 Å². The molecule has 2 rings (SSSR count). The summed E-state index contributed by atoms with van der Waals surface area (Å²) in [6.45, 7) is 7.58. The van der Waals surface area contributed by atoms with E-state index >= 15 is 0 Å².